The molecular weight excluding hydrogens is 270 g/mol. The van der Waals surface area contributed by atoms with Crippen molar-refractivity contribution in [3.8, 4) is 0 Å². The minimum absolute atomic E-state index is 0.142. The van der Waals surface area contributed by atoms with Crippen LogP contribution in [0.5, 0.6) is 0 Å². The molecule has 122 valence electrons. The first-order valence-electron chi connectivity index (χ1n) is 8.09. The van der Waals surface area contributed by atoms with Crippen LogP contribution in [0.25, 0.3) is 0 Å². The van der Waals surface area contributed by atoms with Crippen molar-refractivity contribution in [2.24, 2.45) is 5.92 Å². The number of hydrogen-bond acceptors (Lipinski definition) is 4. The fourth-order valence-electron chi connectivity index (χ4n) is 2.79. The molecule has 1 aliphatic carbocycles. The van der Waals surface area contributed by atoms with Gasteiger partial charge >= 0.3 is 5.97 Å². The molecule has 5 heteroatoms. The molecule has 1 amide bonds. The number of methoxy groups -OCH3 is 1. The van der Waals surface area contributed by atoms with Crippen molar-refractivity contribution in [2.45, 2.75) is 51.9 Å². The summed E-state index contributed by atoms with van der Waals surface area (Å²) in [7, 11) is 1.62. The SMILES string of the molecule is CCOC(=O)CCN(CCOC)C(=O)CC1CCCCC1. The van der Waals surface area contributed by atoms with Crippen LogP contribution in [0.3, 0.4) is 0 Å². The van der Waals surface area contributed by atoms with Crippen molar-refractivity contribution in [3.05, 3.63) is 0 Å². The third kappa shape index (κ3) is 7.46. The van der Waals surface area contributed by atoms with Crippen LogP contribution in [-0.4, -0.2) is 50.2 Å². The fraction of sp³-hybridized carbons (Fsp3) is 0.875. The summed E-state index contributed by atoms with van der Waals surface area (Å²) < 4.78 is 9.98. The number of carbonyl (C=O) groups is 2. The monoisotopic (exact) mass is 299 g/mol. The van der Waals surface area contributed by atoms with Crippen LogP contribution >= 0.6 is 0 Å². The van der Waals surface area contributed by atoms with Crippen molar-refractivity contribution in [3.63, 3.8) is 0 Å². The summed E-state index contributed by atoms with van der Waals surface area (Å²) in [5.74, 6) is 0.410. The van der Waals surface area contributed by atoms with E-state index in [0.717, 1.165) is 12.8 Å². The van der Waals surface area contributed by atoms with Crippen LogP contribution in [0.15, 0.2) is 0 Å². The van der Waals surface area contributed by atoms with E-state index >= 15 is 0 Å². The van der Waals surface area contributed by atoms with E-state index in [9.17, 15) is 9.59 Å². The molecule has 5 nitrogen and oxygen atoms in total. The highest BCUT2D eigenvalue weighted by Crippen LogP contribution is 2.26. The van der Waals surface area contributed by atoms with Crippen molar-refractivity contribution in [2.75, 3.05) is 33.4 Å². The molecule has 21 heavy (non-hydrogen) atoms. The molecule has 0 bridgehead atoms. The van der Waals surface area contributed by atoms with Crippen LogP contribution in [0.4, 0.5) is 0 Å². The van der Waals surface area contributed by atoms with E-state index in [1.807, 2.05) is 0 Å². The number of esters is 1. The standard InChI is InChI=1S/C16H29NO4/c1-3-21-16(19)9-10-17(11-12-20-2)15(18)13-14-7-5-4-6-8-14/h14H,3-13H2,1-2H3. The van der Waals surface area contributed by atoms with Gasteiger partial charge in [-0.15, -0.1) is 0 Å². The first-order valence-corrected chi connectivity index (χ1v) is 8.09. The average molecular weight is 299 g/mol. The molecule has 0 radical (unpaired) electrons. The Balaban J connectivity index is 2.41. The Morgan fingerprint density at radius 1 is 1.14 bits per heavy atom. The van der Waals surface area contributed by atoms with Gasteiger partial charge in [0.25, 0.3) is 0 Å². The Morgan fingerprint density at radius 2 is 1.86 bits per heavy atom. The maximum absolute atomic E-state index is 12.4. The highest BCUT2D eigenvalue weighted by Gasteiger charge is 2.21. The summed E-state index contributed by atoms with van der Waals surface area (Å²) in [4.78, 5) is 25.6. The number of amides is 1. The number of ether oxygens (including phenoxy) is 2. The summed E-state index contributed by atoms with van der Waals surface area (Å²) in [6, 6.07) is 0. The molecule has 0 spiro atoms. The second-order valence-corrected chi connectivity index (χ2v) is 5.64. The highest BCUT2D eigenvalue weighted by atomic mass is 16.5. The molecule has 0 aliphatic heterocycles. The van der Waals surface area contributed by atoms with Gasteiger partial charge in [-0.2, -0.15) is 0 Å². The topological polar surface area (TPSA) is 55.8 Å². The lowest BCUT2D eigenvalue weighted by Gasteiger charge is -2.26. The van der Waals surface area contributed by atoms with Gasteiger partial charge in [0.2, 0.25) is 5.91 Å². The van der Waals surface area contributed by atoms with Crippen LogP contribution in [0, 0.1) is 5.92 Å². The zero-order valence-electron chi connectivity index (χ0n) is 13.4. The summed E-state index contributed by atoms with van der Waals surface area (Å²) >= 11 is 0. The van der Waals surface area contributed by atoms with Gasteiger partial charge in [-0.3, -0.25) is 9.59 Å². The zero-order chi connectivity index (χ0) is 15.5. The van der Waals surface area contributed by atoms with E-state index in [4.69, 9.17) is 9.47 Å². The molecular formula is C16H29NO4. The summed E-state index contributed by atoms with van der Waals surface area (Å²) in [5, 5.41) is 0. The third-order valence-electron chi connectivity index (χ3n) is 4.00. The summed E-state index contributed by atoms with van der Waals surface area (Å²) in [6.07, 6.45) is 6.93. The van der Waals surface area contributed by atoms with E-state index in [-0.39, 0.29) is 18.3 Å². The molecule has 0 aromatic heterocycles. The number of hydrogen-bond donors (Lipinski definition) is 0. The molecule has 0 aromatic carbocycles. The Kier molecular flexibility index (Phi) is 9.06. The fourth-order valence-corrected chi connectivity index (χ4v) is 2.79. The predicted octanol–water partition coefficient (Wildman–Crippen LogP) is 2.38. The molecule has 0 saturated heterocycles. The van der Waals surface area contributed by atoms with Crippen LogP contribution < -0.4 is 0 Å². The molecule has 1 saturated carbocycles. The molecule has 0 aromatic rings. The van der Waals surface area contributed by atoms with Crippen molar-refractivity contribution in [1.82, 2.24) is 4.90 Å². The minimum atomic E-state index is -0.245. The van der Waals surface area contributed by atoms with Gasteiger partial charge in [-0.25, -0.2) is 0 Å². The molecule has 0 unspecified atom stereocenters. The maximum Gasteiger partial charge on any atom is 0.307 e. The van der Waals surface area contributed by atoms with Gasteiger partial charge in [0.05, 0.1) is 19.6 Å². The lowest BCUT2D eigenvalue weighted by Crippen LogP contribution is -2.37. The summed E-state index contributed by atoms with van der Waals surface area (Å²) in [6.45, 7) is 3.64. The van der Waals surface area contributed by atoms with E-state index in [1.165, 1.54) is 19.3 Å². The largest absolute Gasteiger partial charge is 0.466 e. The second kappa shape index (κ2) is 10.6. The van der Waals surface area contributed by atoms with Gasteiger partial charge in [0, 0.05) is 26.6 Å². The molecule has 1 rings (SSSR count). The average Bonchev–Trinajstić information content (AvgIpc) is 2.48. The number of carbonyl (C=O) groups excluding carboxylic acids is 2. The highest BCUT2D eigenvalue weighted by molar-refractivity contribution is 5.77. The predicted molar refractivity (Wildman–Crippen MR) is 80.9 cm³/mol. The molecule has 1 fully saturated rings. The summed E-state index contributed by atoms with van der Waals surface area (Å²) in [5.41, 5.74) is 0. The van der Waals surface area contributed by atoms with Crippen LogP contribution in [0.2, 0.25) is 0 Å². The zero-order valence-corrected chi connectivity index (χ0v) is 13.4. The normalized spacial score (nSPS) is 15.7. The molecule has 0 N–H and O–H groups in total. The number of rotatable bonds is 9. The Labute approximate surface area is 128 Å². The van der Waals surface area contributed by atoms with Gasteiger partial charge in [-0.05, 0) is 25.7 Å². The second-order valence-electron chi connectivity index (χ2n) is 5.64. The van der Waals surface area contributed by atoms with Crippen LogP contribution in [-0.2, 0) is 19.1 Å². The lowest BCUT2D eigenvalue weighted by molar-refractivity contribution is -0.144. The Hall–Kier alpha value is -1.10. The van der Waals surface area contributed by atoms with Crippen molar-refractivity contribution in [1.29, 1.82) is 0 Å². The Morgan fingerprint density at radius 3 is 2.48 bits per heavy atom. The first kappa shape index (κ1) is 18.0. The van der Waals surface area contributed by atoms with E-state index < -0.39 is 0 Å². The maximum atomic E-state index is 12.4. The molecule has 1 aliphatic rings. The minimum Gasteiger partial charge on any atom is -0.466 e. The number of nitrogens with zero attached hydrogens (tertiary/aromatic N) is 1. The molecule has 0 heterocycles. The smallest absolute Gasteiger partial charge is 0.307 e. The van der Waals surface area contributed by atoms with Gasteiger partial charge in [0.15, 0.2) is 0 Å². The van der Waals surface area contributed by atoms with Crippen molar-refractivity contribution >= 4 is 11.9 Å². The van der Waals surface area contributed by atoms with Crippen LogP contribution in [0.1, 0.15) is 51.9 Å². The third-order valence-corrected chi connectivity index (χ3v) is 4.00. The van der Waals surface area contributed by atoms with E-state index in [1.54, 1.807) is 18.9 Å². The molecule has 0 atom stereocenters. The van der Waals surface area contributed by atoms with Gasteiger partial charge < -0.3 is 14.4 Å². The van der Waals surface area contributed by atoms with Gasteiger partial charge in [-0.1, -0.05) is 19.3 Å². The van der Waals surface area contributed by atoms with Gasteiger partial charge in [0.1, 0.15) is 0 Å². The quantitative estimate of drug-likeness (QED) is 0.613. The first-order chi connectivity index (χ1) is 10.2. The lowest BCUT2D eigenvalue weighted by atomic mass is 9.86. The van der Waals surface area contributed by atoms with E-state index in [0.29, 0.717) is 38.6 Å². The van der Waals surface area contributed by atoms with E-state index in [2.05, 4.69) is 0 Å². The Bertz CT molecular complexity index is 313. The van der Waals surface area contributed by atoms with Crippen molar-refractivity contribution < 1.29 is 19.1 Å².